The van der Waals surface area contributed by atoms with Gasteiger partial charge in [0.1, 0.15) is 5.76 Å². The Hall–Kier alpha value is -1.69. The Morgan fingerprint density at radius 1 is 1.23 bits per heavy atom. The Morgan fingerprint density at radius 2 is 2.23 bits per heavy atom. The number of hydrogen-bond donors (Lipinski definition) is 0. The highest BCUT2D eigenvalue weighted by molar-refractivity contribution is 5.05. The van der Waals surface area contributed by atoms with Gasteiger partial charge in [0.2, 0.25) is 0 Å². The van der Waals surface area contributed by atoms with E-state index in [1.165, 1.54) is 0 Å². The summed E-state index contributed by atoms with van der Waals surface area (Å²) in [5, 5.41) is 0. The molecule has 2 aromatic heterocycles. The molecule has 116 valence electrons. The molecule has 0 aromatic carbocycles. The first-order chi connectivity index (χ1) is 10.9. The maximum Gasteiger partial charge on any atom is 0.117 e. The van der Waals surface area contributed by atoms with Crippen molar-refractivity contribution in [1.29, 1.82) is 0 Å². The molecule has 5 nitrogen and oxygen atoms in total. The van der Waals surface area contributed by atoms with Gasteiger partial charge in [-0.1, -0.05) is 6.07 Å². The van der Waals surface area contributed by atoms with Gasteiger partial charge >= 0.3 is 0 Å². The van der Waals surface area contributed by atoms with Gasteiger partial charge < -0.3 is 13.9 Å². The summed E-state index contributed by atoms with van der Waals surface area (Å²) in [4.78, 5) is 6.74. The van der Waals surface area contributed by atoms with Crippen LogP contribution in [0.3, 0.4) is 0 Å². The molecule has 0 bridgehead atoms. The Balaban J connectivity index is 1.40. The number of likely N-dealkylation sites (tertiary alicyclic amines) is 1. The van der Waals surface area contributed by atoms with E-state index in [9.17, 15) is 0 Å². The first-order valence-electron chi connectivity index (χ1n) is 7.76. The van der Waals surface area contributed by atoms with Gasteiger partial charge in [0, 0.05) is 24.7 Å². The molecule has 0 amide bonds. The number of aromatic nitrogens is 1. The summed E-state index contributed by atoms with van der Waals surface area (Å²) in [6.07, 6.45) is 3.73. The molecule has 2 aliphatic heterocycles. The number of pyridine rings is 1. The monoisotopic (exact) mass is 300 g/mol. The van der Waals surface area contributed by atoms with Crippen LogP contribution in [0, 0.1) is 5.92 Å². The lowest BCUT2D eigenvalue weighted by atomic mass is 10.0. The minimum atomic E-state index is 0.199. The molecule has 0 saturated carbocycles. The maximum atomic E-state index is 6.14. The molecule has 4 rings (SSSR count). The molecule has 2 aromatic rings. The van der Waals surface area contributed by atoms with E-state index in [1.807, 2.05) is 30.3 Å². The normalized spacial score (nSPS) is 28.1. The van der Waals surface area contributed by atoms with E-state index in [4.69, 9.17) is 13.9 Å². The summed E-state index contributed by atoms with van der Waals surface area (Å²) in [6.45, 7) is 3.87. The molecule has 0 N–H and O–H groups in total. The van der Waals surface area contributed by atoms with Crippen LogP contribution < -0.4 is 0 Å². The molecule has 2 aliphatic rings. The number of fused-ring (bicyclic) bond motifs is 1. The van der Waals surface area contributed by atoms with E-state index >= 15 is 0 Å². The average Bonchev–Trinajstić information content (AvgIpc) is 3.26. The SMILES string of the molecule is c1ccc(CO[C@H]2CN(Cc3ccco3)[C@H]3COC[C@@H]23)nc1. The fraction of sp³-hybridized carbons (Fsp3) is 0.471. The predicted octanol–water partition coefficient (Wildman–Crippen LogP) is 2.09. The lowest BCUT2D eigenvalue weighted by Crippen LogP contribution is -2.32. The molecular formula is C17H20N2O3. The highest BCUT2D eigenvalue weighted by Crippen LogP contribution is 2.33. The van der Waals surface area contributed by atoms with Crippen LogP contribution in [0.15, 0.2) is 47.2 Å². The van der Waals surface area contributed by atoms with Crippen molar-refractivity contribution in [1.82, 2.24) is 9.88 Å². The molecule has 2 saturated heterocycles. The molecule has 22 heavy (non-hydrogen) atoms. The van der Waals surface area contributed by atoms with Crippen LogP contribution in [0.2, 0.25) is 0 Å². The van der Waals surface area contributed by atoms with Gasteiger partial charge in [0.25, 0.3) is 0 Å². The van der Waals surface area contributed by atoms with E-state index in [1.54, 1.807) is 12.5 Å². The number of furan rings is 1. The van der Waals surface area contributed by atoms with Crippen LogP contribution in [0.25, 0.3) is 0 Å². The first kappa shape index (κ1) is 13.9. The second kappa shape index (κ2) is 6.20. The van der Waals surface area contributed by atoms with E-state index < -0.39 is 0 Å². The standard InChI is InChI=1S/C17H20N2O3/c1-2-6-18-13(4-1)10-22-17-9-19(8-14-5-3-7-21-14)16-12-20-11-15(16)17/h1-7,15-17H,8-12H2/t15-,16+,17+/m1/s1. The zero-order chi connectivity index (χ0) is 14.8. The van der Waals surface area contributed by atoms with E-state index in [2.05, 4.69) is 9.88 Å². The Morgan fingerprint density at radius 3 is 3.05 bits per heavy atom. The van der Waals surface area contributed by atoms with Crippen molar-refractivity contribution in [3.8, 4) is 0 Å². The van der Waals surface area contributed by atoms with Gasteiger partial charge in [-0.3, -0.25) is 9.88 Å². The Kier molecular flexibility index (Phi) is 3.93. The van der Waals surface area contributed by atoms with Crippen molar-refractivity contribution in [2.75, 3.05) is 19.8 Å². The van der Waals surface area contributed by atoms with Gasteiger partial charge in [-0.25, -0.2) is 0 Å². The quantitative estimate of drug-likeness (QED) is 0.846. The number of hydrogen-bond acceptors (Lipinski definition) is 5. The summed E-state index contributed by atoms with van der Waals surface area (Å²) < 4.78 is 17.3. The van der Waals surface area contributed by atoms with Crippen LogP contribution in [-0.4, -0.2) is 41.8 Å². The highest BCUT2D eigenvalue weighted by atomic mass is 16.5. The zero-order valence-corrected chi connectivity index (χ0v) is 12.4. The summed E-state index contributed by atoms with van der Waals surface area (Å²) in [7, 11) is 0. The molecule has 2 fully saturated rings. The van der Waals surface area contributed by atoms with Crippen LogP contribution in [0.5, 0.6) is 0 Å². The third-order valence-corrected chi connectivity index (χ3v) is 4.56. The minimum Gasteiger partial charge on any atom is -0.468 e. The van der Waals surface area contributed by atoms with Crippen molar-refractivity contribution >= 4 is 0 Å². The fourth-order valence-electron chi connectivity index (χ4n) is 3.43. The van der Waals surface area contributed by atoms with Gasteiger partial charge in [-0.15, -0.1) is 0 Å². The van der Waals surface area contributed by atoms with Crippen molar-refractivity contribution < 1.29 is 13.9 Å². The number of ether oxygens (including phenoxy) is 2. The number of rotatable bonds is 5. The second-order valence-corrected chi connectivity index (χ2v) is 5.95. The molecule has 0 spiro atoms. The molecule has 3 atom stereocenters. The second-order valence-electron chi connectivity index (χ2n) is 5.95. The molecule has 0 radical (unpaired) electrons. The zero-order valence-electron chi connectivity index (χ0n) is 12.4. The van der Waals surface area contributed by atoms with Crippen LogP contribution in [0.4, 0.5) is 0 Å². The summed E-state index contributed by atoms with van der Waals surface area (Å²) in [5.41, 5.74) is 0.974. The van der Waals surface area contributed by atoms with Crippen molar-refractivity contribution in [3.05, 3.63) is 54.2 Å². The van der Waals surface area contributed by atoms with Crippen LogP contribution in [-0.2, 0) is 22.6 Å². The van der Waals surface area contributed by atoms with E-state index in [-0.39, 0.29) is 6.10 Å². The van der Waals surface area contributed by atoms with Gasteiger partial charge in [0.15, 0.2) is 0 Å². The smallest absolute Gasteiger partial charge is 0.117 e. The lowest BCUT2D eigenvalue weighted by Gasteiger charge is -2.20. The Labute approximate surface area is 129 Å². The molecule has 0 aliphatic carbocycles. The lowest BCUT2D eigenvalue weighted by molar-refractivity contribution is 0.00707. The summed E-state index contributed by atoms with van der Waals surface area (Å²) in [5.74, 6) is 1.44. The molecule has 5 heteroatoms. The van der Waals surface area contributed by atoms with E-state index in [0.717, 1.165) is 37.8 Å². The first-order valence-corrected chi connectivity index (χ1v) is 7.76. The fourth-order valence-corrected chi connectivity index (χ4v) is 3.43. The topological polar surface area (TPSA) is 47.7 Å². The predicted molar refractivity (Wildman–Crippen MR) is 80.0 cm³/mol. The van der Waals surface area contributed by atoms with Crippen LogP contribution >= 0.6 is 0 Å². The molecule has 4 heterocycles. The van der Waals surface area contributed by atoms with Gasteiger partial charge in [-0.2, -0.15) is 0 Å². The van der Waals surface area contributed by atoms with Crippen LogP contribution in [0.1, 0.15) is 11.5 Å². The average molecular weight is 300 g/mol. The summed E-state index contributed by atoms with van der Waals surface area (Å²) >= 11 is 0. The van der Waals surface area contributed by atoms with Gasteiger partial charge in [0.05, 0.1) is 44.4 Å². The molecular weight excluding hydrogens is 280 g/mol. The molecule has 0 unspecified atom stereocenters. The third-order valence-electron chi connectivity index (χ3n) is 4.56. The highest BCUT2D eigenvalue weighted by Gasteiger charge is 2.46. The maximum absolute atomic E-state index is 6.14. The summed E-state index contributed by atoms with van der Waals surface area (Å²) in [6, 6.07) is 10.3. The minimum absolute atomic E-state index is 0.199. The van der Waals surface area contributed by atoms with Crippen molar-refractivity contribution in [3.63, 3.8) is 0 Å². The number of nitrogens with zero attached hydrogens (tertiary/aromatic N) is 2. The largest absolute Gasteiger partial charge is 0.468 e. The van der Waals surface area contributed by atoms with Gasteiger partial charge in [-0.05, 0) is 24.3 Å². The third kappa shape index (κ3) is 2.79. The van der Waals surface area contributed by atoms with E-state index in [0.29, 0.717) is 18.6 Å². The van der Waals surface area contributed by atoms with Crippen molar-refractivity contribution in [2.24, 2.45) is 5.92 Å². The Bertz CT molecular complexity index is 587. The van der Waals surface area contributed by atoms with Crippen molar-refractivity contribution in [2.45, 2.75) is 25.3 Å².